The number of rotatable bonds is 17. The van der Waals surface area contributed by atoms with Crippen LogP contribution in [-0.2, 0) is 81.1 Å². The monoisotopic (exact) mass is 1190 g/mol. The van der Waals surface area contributed by atoms with E-state index < -0.39 is 187 Å². The van der Waals surface area contributed by atoms with E-state index in [2.05, 4.69) is 33.8 Å². The molecule has 468 valence electrons. The molecule has 8 fully saturated rings. The van der Waals surface area contributed by atoms with Crippen molar-refractivity contribution in [2.24, 2.45) is 45.3 Å². The molecule has 3 saturated carbocycles. The normalized spacial score (nSPS) is 49.2. The van der Waals surface area contributed by atoms with Gasteiger partial charge in [0.05, 0.1) is 43.4 Å². The summed E-state index contributed by atoms with van der Waals surface area (Å²) in [5.74, 6) is -1.41. The fourth-order valence-electron chi connectivity index (χ4n) is 16.5. The van der Waals surface area contributed by atoms with Crippen LogP contribution in [0.15, 0.2) is 11.6 Å². The first-order chi connectivity index (χ1) is 38.3. The number of hydrogen-bond acceptors (Lipinski definition) is 25. The van der Waals surface area contributed by atoms with Crippen molar-refractivity contribution in [1.29, 1.82) is 0 Å². The zero-order valence-corrected chi connectivity index (χ0v) is 48.9. The molecule has 4 aliphatic carbocycles. The highest BCUT2D eigenvalue weighted by molar-refractivity contribution is 7.80. The first-order valence-electron chi connectivity index (χ1n) is 28.6. The van der Waals surface area contributed by atoms with E-state index in [1.54, 1.807) is 0 Å². The van der Waals surface area contributed by atoms with Crippen LogP contribution in [0.2, 0.25) is 0 Å². The summed E-state index contributed by atoms with van der Waals surface area (Å²) in [6.45, 7) is 15.2. The predicted octanol–water partition coefficient (Wildman–Crippen LogP) is -0.121. The number of ether oxygens (including phenoxy) is 11. The second-order valence-electron chi connectivity index (χ2n) is 26.1. The highest BCUT2D eigenvalue weighted by Crippen LogP contribution is 2.76. The standard InChI is InChI=1S/C55H86O26S/c1-23(2)17-26(58)18-54(9)45-30(74-25(4)57)19-53(8)28-11-12-33-51(5,6)34(14-15-52(33,7)27(28)13-16-55(45,53)50(66)80-54)76-49-44(36(61)32(22-72-49)81-82(67,68)69)79-47-38(63)37(62)41(24(3)73-47)77-46-39(64)42(29(59)21-71-46)78-48-40(65)43(70-10)35(60)31(20-56)75-48/h11,23-24,27,29-49,56,59-65H,12-22H2,1-10H3,(H,67,68,69)/t24-,27+,29-,30+,31-,32-,33+,34+,35-,36+,37-,38-,39-,40-,41-,42+,43+,44-,45-,46+,47+,48+,49+,52-,53+,54+,55-/m1/s1. The van der Waals surface area contributed by atoms with Gasteiger partial charge in [-0.1, -0.05) is 53.2 Å². The van der Waals surface area contributed by atoms with Gasteiger partial charge in [-0.25, -0.2) is 4.18 Å². The van der Waals surface area contributed by atoms with Crippen LogP contribution >= 0.6 is 0 Å². The maximum absolute atomic E-state index is 14.7. The van der Waals surface area contributed by atoms with Gasteiger partial charge >= 0.3 is 22.3 Å². The number of hydrogen-bond donors (Lipinski definition) is 9. The quantitative estimate of drug-likeness (QED) is 0.0521. The van der Waals surface area contributed by atoms with E-state index in [9.17, 15) is 68.2 Å². The SMILES string of the molecule is CO[C@@H]1[C@@H](O)[C@H](O[C@@H]2[C@@H](O)[C@H](O[C@H]3[C@H](O)[C@@H](O)[C@H](O[C@H]4[C@H](O[C@H]5CC[C@]6(C)[C@H]7CC[C@]89C(=O)O[C@@](C)(CC(=O)CC(C)C)[C@H]8[C@@H](OC(C)=O)C[C@@]9(C)C7=CC[C@H]6C5(C)C)OC[C@@H](OS(=O)(=O)O)[C@@H]4O)O[C@@H]3C)OC[C@H]2O)O[C@H](CO)[C@H]1O. The molecular formula is C55H86O26S. The number of fused-ring (bicyclic) bond motifs is 4. The van der Waals surface area contributed by atoms with Crippen molar-refractivity contribution in [2.45, 2.75) is 242 Å². The van der Waals surface area contributed by atoms with Crippen LogP contribution in [0.3, 0.4) is 0 Å². The van der Waals surface area contributed by atoms with Gasteiger partial charge in [0.1, 0.15) is 96.8 Å². The number of cyclic esters (lactones) is 1. The van der Waals surface area contributed by atoms with Crippen molar-refractivity contribution < 1.29 is 124 Å². The first-order valence-corrected chi connectivity index (χ1v) is 30.0. The predicted molar refractivity (Wildman–Crippen MR) is 276 cm³/mol. The second-order valence-corrected chi connectivity index (χ2v) is 27.1. The molecule has 0 aromatic rings. The van der Waals surface area contributed by atoms with Crippen molar-refractivity contribution in [1.82, 2.24) is 0 Å². The molecule has 5 aliphatic heterocycles. The number of ketones is 1. The maximum atomic E-state index is 14.7. The Hall–Kier alpha value is -2.46. The zero-order valence-electron chi connectivity index (χ0n) is 48.1. The number of aliphatic hydroxyl groups is 8. The Morgan fingerprint density at radius 1 is 0.768 bits per heavy atom. The van der Waals surface area contributed by atoms with Gasteiger partial charge in [-0.15, -0.1) is 0 Å². The highest BCUT2D eigenvalue weighted by atomic mass is 32.3. The van der Waals surface area contributed by atoms with E-state index in [-0.39, 0.29) is 41.3 Å². The Labute approximate surface area is 477 Å². The Bertz CT molecular complexity index is 2480. The summed E-state index contributed by atoms with van der Waals surface area (Å²) in [5.41, 5.74) is -2.93. The molecule has 27 atom stereocenters. The molecule has 0 unspecified atom stereocenters. The Kier molecular flexibility index (Phi) is 18.4. The van der Waals surface area contributed by atoms with Gasteiger partial charge in [-0.3, -0.25) is 18.9 Å². The van der Waals surface area contributed by atoms with E-state index in [0.717, 1.165) is 5.57 Å². The summed E-state index contributed by atoms with van der Waals surface area (Å²) in [7, 11) is -3.97. The van der Waals surface area contributed by atoms with Crippen LogP contribution in [0.4, 0.5) is 0 Å². The minimum Gasteiger partial charge on any atom is -0.462 e. The number of carbonyl (C=O) groups is 3. The number of allylic oxidation sites excluding steroid dienone is 2. The molecule has 9 aliphatic rings. The molecule has 0 bridgehead atoms. The number of esters is 2. The van der Waals surface area contributed by atoms with Crippen molar-refractivity contribution in [3.05, 3.63) is 11.6 Å². The lowest BCUT2D eigenvalue weighted by Gasteiger charge is -2.63. The average Bonchev–Trinajstić information content (AvgIpc) is 1.50. The third kappa shape index (κ3) is 11.2. The third-order valence-electron chi connectivity index (χ3n) is 20.1. The summed E-state index contributed by atoms with van der Waals surface area (Å²) in [5, 5.41) is 88.4. The van der Waals surface area contributed by atoms with Gasteiger partial charge in [-0.2, -0.15) is 8.42 Å². The second kappa shape index (κ2) is 23.6. The minimum atomic E-state index is -5.17. The summed E-state index contributed by atoms with van der Waals surface area (Å²) < 4.78 is 104. The molecule has 26 nitrogen and oxygen atoms in total. The molecule has 0 radical (unpaired) electrons. The number of aliphatic hydroxyl groups excluding tert-OH is 8. The van der Waals surface area contributed by atoms with Crippen LogP contribution in [0.25, 0.3) is 0 Å². The van der Waals surface area contributed by atoms with Gasteiger partial charge in [0.15, 0.2) is 25.2 Å². The van der Waals surface area contributed by atoms with Gasteiger partial charge in [0, 0.05) is 32.3 Å². The van der Waals surface area contributed by atoms with Gasteiger partial charge in [0.25, 0.3) is 0 Å². The van der Waals surface area contributed by atoms with Crippen LogP contribution in [0.5, 0.6) is 0 Å². The average molecular weight is 1200 g/mol. The van der Waals surface area contributed by atoms with Crippen molar-refractivity contribution in [3.8, 4) is 0 Å². The fraction of sp³-hybridized carbons (Fsp3) is 0.909. The molecule has 27 heteroatoms. The van der Waals surface area contributed by atoms with Crippen LogP contribution in [0, 0.1) is 45.3 Å². The highest BCUT2D eigenvalue weighted by Gasteiger charge is 2.80. The molecule has 5 heterocycles. The lowest BCUT2D eigenvalue weighted by atomic mass is 9.41. The zero-order chi connectivity index (χ0) is 60.1. The third-order valence-corrected chi connectivity index (χ3v) is 20.6. The molecule has 0 amide bonds. The molecule has 9 rings (SSSR count). The van der Waals surface area contributed by atoms with Crippen LogP contribution < -0.4 is 0 Å². The van der Waals surface area contributed by atoms with Gasteiger partial charge < -0.3 is 93.0 Å². The lowest BCUT2D eigenvalue weighted by molar-refractivity contribution is -0.382. The largest absolute Gasteiger partial charge is 0.462 e. The van der Waals surface area contributed by atoms with E-state index in [1.165, 1.54) is 21.0 Å². The molecular weight excluding hydrogens is 1110 g/mol. The summed E-state index contributed by atoms with van der Waals surface area (Å²) in [6.07, 6.45) is -24.9. The van der Waals surface area contributed by atoms with Crippen LogP contribution in [-0.4, -0.2) is 227 Å². The van der Waals surface area contributed by atoms with E-state index >= 15 is 0 Å². The lowest BCUT2D eigenvalue weighted by Crippen LogP contribution is -2.65. The molecule has 9 N–H and O–H groups in total. The molecule has 82 heavy (non-hydrogen) atoms. The maximum Gasteiger partial charge on any atom is 0.397 e. The van der Waals surface area contributed by atoms with Crippen molar-refractivity contribution in [3.63, 3.8) is 0 Å². The van der Waals surface area contributed by atoms with E-state index in [0.29, 0.717) is 44.9 Å². The molecule has 0 aromatic carbocycles. The summed E-state index contributed by atoms with van der Waals surface area (Å²) >= 11 is 0. The van der Waals surface area contributed by atoms with Gasteiger partial charge in [0.2, 0.25) is 0 Å². The smallest absolute Gasteiger partial charge is 0.397 e. The Balaban J connectivity index is 0.910. The number of methoxy groups -OCH3 is 1. The first kappa shape index (κ1) is 64.0. The number of carbonyl (C=O) groups excluding carboxylic acids is 3. The summed E-state index contributed by atoms with van der Waals surface area (Å²) in [6, 6.07) is 0. The topological polar surface area (TPSA) is 378 Å². The molecule has 1 spiro atoms. The van der Waals surface area contributed by atoms with Crippen molar-refractivity contribution >= 4 is 28.1 Å². The minimum absolute atomic E-state index is 0.0134. The van der Waals surface area contributed by atoms with E-state index in [4.69, 9.17) is 56.3 Å². The molecule has 5 saturated heterocycles. The molecule has 0 aromatic heterocycles. The van der Waals surface area contributed by atoms with Crippen LogP contribution in [0.1, 0.15) is 114 Å². The van der Waals surface area contributed by atoms with E-state index in [1.807, 2.05) is 20.8 Å². The number of Topliss-reactive ketones (excluding diaryl/α,β-unsaturated/α-hetero) is 1. The summed E-state index contributed by atoms with van der Waals surface area (Å²) in [4.78, 5) is 40.9. The Morgan fingerprint density at radius 2 is 1.41 bits per heavy atom. The van der Waals surface area contributed by atoms with Crippen molar-refractivity contribution in [2.75, 3.05) is 26.9 Å². The fourth-order valence-corrected chi connectivity index (χ4v) is 17.0. The Morgan fingerprint density at radius 3 is 2.06 bits per heavy atom. The van der Waals surface area contributed by atoms with Gasteiger partial charge in [-0.05, 0) is 81.0 Å².